The molecule has 1 saturated heterocycles. The van der Waals surface area contributed by atoms with Gasteiger partial charge in [0.25, 0.3) is 0 Å². The van der Waals surface area contributed by atoms with Gasteiger partial charge in [0.1, 0.15) is 5.82 Å². The van der Waals surface area contributed by atoms with Crippen LogP contribution in [0.5, 0.6) is 0 Å². The van der Waals surface area contributed by atoms with Gasteiger partial charge in [0.05, 0.1) is 18.9 Å². The number of Topliss-reactive ketones (excluding diaryl/α,β-unsaturated/α-hetero) is 1. The first-order valence-corrected chi connectivity index (χ1v) is 11.4. The Morgan fingerprint density at radius 1 is 1.14 bits per heavy atom. The van der Waals surface area contributed by atoms with Crippen molar-refractivity contribution < 1.29 is 22.7 Å². The summed E-state index contributed by atoms with van der Waals surface area (Å²) >= 11 is 0. The molecule has 156 valence electrons. The Hall–Kier alpha value is -2.29. The molecule has 0 aliphatic carbocycles. The Labute approximate surface area is 170 Å². The quantitative estimate of drug-likeness (QED) is 0.673. The van der Waals surface area contributed by atoms with Gasteiger partial charge in [0, 0.05) is 11.3 Å². The molecule has 1 heterocycles. The molecular weight excluding hydrogens is 395 g/mol. The second-order valence-electron chi connectivity index (χ2n) is 7.48. The topological polar surface area (TPSA) is 86.7 Å². The van der Waals surface area contributed by atoms with Crippen LogP contribution < -0.4 is 4.72 Å². The molecule has 0 saturated carbocycles. The van der Waals surface area contributed by atoms with E-state index >= 15 is 0 Å². The van der Waals surface area contributed by atoms with Crippen LogP contribution in [-0.4, -0.2) is 50.1 Å². The first-order valence-electron chi connectivity index (χ1n) is 9.48. The number of carbonyl (C=O) groups excluding carboxylic acids is 1. The average molecular weight is 421 g/mol. The maximum absolute atomic E-state index is 13.0. The van der Waals surface area contributed by atoms with E-state index in [1.165, 1.54) is 12.1 Å². The van der Waals surface area contributed by atoms with Gasteiger partial charge in [-0.25, -0.2) is 12.8 Å². The van der Waals surface area contributed by atoms with E-state index in [4.69, 9.17) is 0 Å². The Balaban J connectivity index is 1.51. The predicted molar refractivity (Wildman–Crippen MR) is 110 cm³/mol. The fourth-order valence-corrected chi connectivity index (χ4v) is 4.16. The summed E-state index contributed by atoms with van der Waals surface area (Å²) in [4.78, 5) is 14.6. The fourth-order valence-electron chi connectivity index (χ4n) is 3.59. The smallest absolute Gasteiger partial charge is 0.229 e. The van der Waals surface area contributed by atoms with Crippen LogP contribution in [0.4, 0.5) is 10.1 Å². The summed E-state index contributed by atoms with van der Waals surface area (Å²) < 4.78 is 37.9. The van der Waals surface area contributed by atoms with Crippen molar-refractivity contribution in [1.82, 2.24) is 4.90 Å². The summed E-state index contributed by atoms with van der Waals surface area (Å²) in [6, 6.07) is 12.3. The highest BCUT2D eigenvalue weighted by Gasteiger charge is 2.27. The van der Waals surface area contributed by atoms with E-state index in [1.807, 2.05) is 0 Å². The maximum Gasteiger partial charge on any atom is 0.229 e. The van der Waals surface area contributed by atoms with E-state index in [0.717, 1.165) is 19.1 Å². The summed E-state index contributed by atoms with van der Waals surface area (Å²) in [6.45, 7) is 1.67. The molecule has 0 aromatic heterocycles. The third-order valence-corrected chi connectivity index (χ3v) is 5.77. The van der Waals surface area contributed by atoms with Crippen molar-refractivity contribution in [1.29, 1.82) is 0 Å². The van der Waals surface area contributed by atoms with Gasteiger partial charge in [-0.3, -0.25) is 14.4 Å². The van der Waals surface area contributed by atoms with E-state index in [9.17, 15) is 22.7 Å². The Kier molecular flexibility index (Phi) is 6.66. The van der Waals surface area contributed by atoms with Crippen LogP contribution in [0.3, 0.4) is 0 Å². The standard InChI is InChI=1S/C21H25FN2O4S/c1-29(27,28)23-19-8-4-15(5-9-19)20(25)14-24-12-10-17(11-13-24)21(26)16-2-6-18(22)7-3-16/h2-9,17,21,23,26H,10-14H2,1H3. The molecule has 1 fully saturated rings. The third kappa shape index (κ3) is 6.09. The molecule has 0 radical (unpaired) electrons. The minimum atomic E-state index is -3.35. The number of halogens is 1. The highest BCUT2D eigenvalue weighted by molar-refractivity contribution is 7.92. The first kappa shape index (κ1) is 21.4. The Morgan fingerprint density at radius 3 is 2.28 bits per heavy atom. The lowest BCUT2D eigenvalue weighted by atomic mass is 9.87. The van der Waals surface area contributed by atoms with Gasteiger partial charge in [-0.2, -0.15) is 0 Å². The fraction of sp³-hybridized carbons (Fsp3) is 0.381. The largest absolute Gasteiger partial charge is 0.388 e. The number of aliphatic hydroxyl groups is 1. The zero-order chi connectivity index (χ0) is 21.0. The van der Waals surface area contributed by atoms with Crippen LogP contribution in [0.25, 0.3) is 0 Å². The van der Waals surface area contributed by atoms with Crippen molar-refractivity contribution in [3.8, 4) is 0 Å². The van der Waals surface area contributed by atoms with Crippen LogP contribution in [-0.2, 0) is 10.0 Å². The number of carbonyl (C=O) groups is 1. The van der Waals surface area contributed by atoms with E-state index in [2.05, 4.69) is 9.62 Å². The molecule has 1 atom stereocenters. The zero-order valence-corrected chi connectivity index (χ0v) is 17.0. The molecule has 2 aromatic rings. The van der Waals surface area contributed by atoms with Crippen molar-refractivity contribution >= 4 is 21.5 Å². The number of nitrogens with zero attached hydrogens (tertiary/aromatic N) is 1. The summed E-state index contributed by atoms with van der Waals surface area (Å²) in [6.07, 6.45) is 1.94. The van der Waals surface area contributed by atoms with Crippen molar-refractivity contribution in [3.05, 3.63) is 65.5 Å². The molecule has 3 rings (SSSR count). The number of rotatable bonds is 7. The molecule has 6 nitrogen and oxygen atoms in total. The number of ketones is 1. The van der Waals surface area contributed by atoms with Crippen molar-refractivity contribution in [3.63, 3.8) is 0 Å². The van der Waals surface area contributed by atoms with Crippen molar-refractivity contribution in [2.24, 2.45) is 5.92 Å². The zero-order valence-electron chi connectivity index (χ0n) is 16.2. The number of sulfonamides is 1. The maximum atomic E-state index is 13.0. The number of aliphatic hydroxyl groups excluding tert-OH is 1. The molecule has 8 heteroatoms. The van der Waals surface area contributed by atoms with Crippen molar-refractivity contribution in [2.45, 2.75) is 18.9 Å². The van der Waals surface area contributed by atoms with Crippen LogP contribution in [0.15, 0.2) is 48.5 Å². The molecule has 1 aliphatic heterocycles. The number of piperidine rings is 1. The number of likely N-dealkylation sites (tertiary alicyclic amines) is 1. The second kappa shape index (κ2) is 9.02. The summed E-state index contributed by atoms with van der Waals surface area (Å²) in [5.74, 6) is -0.281. The van der Waals surface area contributed by atoms with Gasteiger partial charge in [-0.15, -0.1) is 0 Å². The molecule has 0 spiro atoms. The normalized spacial score (nSPS) is 17.1. The molecule has 0 bridgehead atoms. The van der Waals surface area contributed by atoms with Crippen LogP contribution in [0.2, 0.25) is 0 Å². The van der Waals surface area contributed by atoms with E-state index in [-0.39, 0.29) is 24.1 Å². The van der Waals surface area contributed by atoms with Crippen LogP contribution >= 0.6 is 0 Å². The number of hydrogen-bond acceptors (Lipinski definition) is 5. The molecule has 2 aromatic carbocycles. The van der Waals surface area contributed by atoms with Crippen LogP contribution in [0, 0.1) is 11.7 Å². The highest BCUT2D eigenvalue weighted by Crippen LogP contribution is 2.30. The predicted octanol–water partition coefficient (Wildman–Crippen LogP) is 2.83. The number of nitrogens with one attached hydrogen (secondary N) is 1. The van der Waals surface area contributed by atoms with Crippen molar-refractivity contribution in [2.75, 3.05) is 30.6 Å². The van der Waals surface area contributed by atoms with E-state index < -0.39 is 16.1 Å². The number of hydrogen-bond donors (Lipinski definition) is 2. The summed E-state index contributed by atoms with van der Waals surface area (Å²) in [7, 11) is -3.35. The van der Waals surface area contributed by atoms with Gasteiger partial charge in [0.15, 0.2) is 5.78 Å². The molecule has 0 amide bonds. The number of benzene rings is 2. The first-order chi connectivity index (χ1) is 13.7. The molecule has 1 unspecified atom stereocenters. The molecular formula is C21H25FN2O4S. The summed E-state index contributed by atoms with van der Waals surface area (Å²) in [5.41, 5.74) is 1.65. The van der Waals surface area contributed by atoms with Gasteiger partial charge in [-0.05, 0) is 73.8 Å². The summed E-state index contributed by atoms with van der Waals surface area (Å²) in [5, 5.41) is 10.5. The Morgan fingerprint density at radius 2 is 1.72 bits per heavy atom. The Bertz CT molecular complexity index is 938. The monoisotopic (exact) mass is 420 g/mol. The lowest BCUT2D eigenvalue weighted by molar-refractivity contribution is 0.0563. The lowest BCUT2D eigenvalue weighted by Gasteiger charge is -2.34. The van der Waals surface area contributed by atoms with Gasteiger partial charge in [0.2, 0.25) is 10.0 Å². The molecule has 29 heavy (non-hydrogen) atoms. The highest BCUT2D eigenvalue weighted by atomic mass is 32.2. The number of anilines is 1. The van der Waals surface area contributed by atoms with Gasteiger partial charge in [-0.1, -0.05) is 12.1 Å². The third-order valence-electron chi connectivity index (χ3n) is 5.17. The van der Waals surface area contributed by atoms with E-state index in [0.29, 0.717) is 29.9 Å². The SMILES string of the molecule is CS(=O)(=O)Nc1ccc(C(=O)CN2CCC(C(O)c3ccc(F)cc3)CC2)cc1. The minimum absolute atomic E-state index is 0.0339. The van der Waals surface area contributed by atoms with Crippen LogP contribution in [0.1, 0.15) is 34.9 Å². The van der Waals surface area contributed by atoms with Gasteiger partial charge >= 0.3 is 0 Å². The van der Waals surface area contributed by atoms with E-state index in [1.54, 1.807) is 36.4 Å². The minimum Gasteiger partial charge on any atom is -0.388 e. The average Bonchev–Trinajstić information content (AvgIpc) is 2.68. The van der Waals surface area contributed by atoms with Gasteiger partial charge < -0.3 is 5.11 Å². The molecule has 1 aliphatic rings. The molecule has 2 N–H and O–H groups in total. The lowest BCUT2D eigenvalue weighted by Crippen LogP contribution is -2.38. The second-order valence-corrected chi connectivity index (χ2v) is 9.23.